The van der Waals surface area contributed by atoms with E-state index in [1.807, 2.05) is 39.8 Å². The number of rotatable bonds is 12. The van der Waals surface area contributed by atoms with Crippen LogP contribution in [0.25, 0.3) is 0 Å². The highest BCUT2D eigenvalue weighted by atomic mass is 32.2. The highest BCUT2D eigenvalue weighted by molar-refractivity contribution is 7.92. The van der Waals surface area contributed by atoms with Gasteiger partial charge in [-0.1, -0.05) is 43.3 Å². The molecule has 0 radical (unpaired) electrons. The van der Waals surface area contributed by atoms with Crippen LogP contribution in [-0.2, 0) is 26.2 Å². The largest absolute Gasteiger partial charge is 0.497 e. The molecule has 2 amide bonds. The van der Waals surface area contributed by atoms with Gasteiger partial charge in [0.25, 0.3) is 10.0 Å². The summed E-state index contributed by atoms with van der Waals surface area (Å²) in [5.74, 6) is 0.247. The minimum absolute atomic E-state index is 0.0369. The Bertz CT molecular complexity index is 1420. The molecule has 10 heteroatoms. The monoisotopic (exact) mass is 581 g/mol. The lowest BCUT2D eigenvalue weighted by molar-refractivity contribution is -0.141. The van der Waals surface area contributed by atoms with E-state index in [2.05, 4.69) is 5.32 Å². The molecule has 1 atom stereocenters. The number of nitrogens with one attached hydrogen (secondary N) is 1. The van der Waals surface area contributed by atoms with E-state index >= 15 is 0 Å². The molecule has 0 heterocycles. The fraction of sp³-hybridized carbons (Fsp3) is 0.355. The quantitative estimate of drug-likeness (QED) is 0.335. The third-order valence-electron chi connectivity index (χ3n) is 6.35. The summed E-state index contributed by atoms with van der Waals surface area (Å²) < 4.78 is 39.4. The summed E-state index contributed by atoms with van der Waals surface area (Å²) >= 11 is 0. The van der Waals surface area contributed by atoms with Crippen LogP contribution in [0.15, 0.2) is 83.8 Å². The molecule has 3 rings (SSSR count). The summed E-state index contributed by atoms with van der Waals surface area (Å²) in [6.45, 7) is 6.98. The van der Waals surface area contributed by atoms with E-state index in [1.165, 1.54) is 24.1 Å². The number of nitrogens with zero attached hydrogens (tertiary/aromatic N) is 2. The van der Waals surface area contributed by atoms with Crippen LogP contribution in [0.4, 0.5) is 5.69 Å². The number of sulfonamides is 1. The van der Waals surface area contributed by atoms with Crippen LogP contribution in [-0.4, -0.2) is 57.5 Å². The zero-order chi connectivity index (χ0) is 30.2. The summed E-state index contributed by atoms with van der Waals surface area (Å²) in [7, 11) is -1.11. The third-order valence-corrected chi connectivity index (χ3v) is 8.14. The van der Waals surface area contributed by atoms with Crippen molar-refractivity contribution in [3.8, 4) is 11.5 Å². The van der Waals surface area contributed by atoms with Gasteiger partial charge in [0.15, 0.2) is 0 Å². The molecule has 0 aliphatic heterocycles. The molecule has 1 unspecified atom stereocenters. The first-order valence-corrected chi connectivity index (χ1v) is 14.8. The molecule has 9 nitrogen and oxygen atoms in total. The predicted octanol–water partition coefficient (Wildman–Crippen LogP) is 4.62. The van der Waals surface area contributed by atoms with Crippen molar-refractivity contribution >= 4 is 27.5 Å². The van der Waals surface area contributed by atoms with Gasteiger partial charge in [-0.05, 0) is 69.2 Å². The van der Waals surface area contributed by atoms with Crippen molar-refractivity contribution in [2.45, 2.75) is 57.1 Å². The average Bonchev–Trinajstić information content (AvgIpc) is 2.95. The summed E-state index contributed by atoms with van der Waals surface area (Å²) in [6.07, 6.45) is 0.328. The number of carbonyl (C=O) groups excluding carboxylic acids is 2. The second kappa shape index (κ2) is 13.5. The van der Waals surface area contributed by atoms with Crippen LogP contribution < -0.4 is 19.1 Å². The van der Waals surface area contributed by atoms with Crippen LogP contribution in [0.5, 0.6) is 11.5 Å². The Morgan fingerprint density at radius 1 is 0.878 bits per heavy atom. The summed E-state index contributed by atoms with van der Waals surface area (Å²) in [5.41, 5.74) is 0.501. The van der Waals surface area contributed by atoms with E-state index in [1.54, 1.807) is 61.7 Å². The molecule has 0 spiro atoms. The zero-order valence-corrected chi connectivity index (χ0v) is 25.3. The molecule has 0 aromatic heterocycles. The topological polar surface area (TPSA) is 105 Å². The molecule has 3 aromatic rings. The first-order valence-electron chi connectivity index (χ1n) is 13.4. The van der Waals surface area contributed by atoms with Crippen LogP contribution in [0.1, 0.15) is 39.7 Å². The van der Waals surface area contributed by atoms with Gasteiger partial charge in [0, 0.05) is 18.2 Å². The maximum absolute atomic E-state index is 14.1. The Kier molecular flexibility index (Phi) is 10.4. The Balaban J connectivity index is 2.07. The molecule has 0 fully saturated rings. The summed E-state index contributed by atoms with van der Waals surface area (Å²) in [5, 5.41) is 2.96. The molecule has 0 saturated heterocycles. The SMILES string of the molecule is CCC(C(=O)NC(C)(C)C)N(Cc1ccc(OC)cc1)C(=O)CN(c1cccc(OC)c1)S(=O)(=O)c1ccccc1. The van der Waals surface area contributed by atoms with Crippen molar-refractivity contribution in [2.24, 2.45) is 0 Å². The second-order valence-corrected chi connectivity index (χ2v) is 12.4. The predicted molar refractivity (Wildman–Crippen MR) is 159 cm³/mol. The molecule has 41 heavy (non-hydrogen) atoms. The fourth-order valence-corrected chi connectivity index (χ4v) is 5.74. The van der Waals surface area contributed by atoms with Gasteiger partial charge in [0.1, 0.15) is 24.1 Å². The number of hydrogen-bond donors (Lipinski definition) is 1. The van der Waals surface area contributed by atoms with Gasteiger partial charge in [-0.25, -0.2) is 8.42 Å². The van der Waals surface area contributed by atoms with Crippen LogP contribution in [0.2, 0.25) is 0 Å². The van der Waals surface area contributed by atoms with Crippen molar-refractivity contribution in [3.05, 3.63) is 84.4 Å². The molecule has 0 bridgehead atoms. The maximum atomic E-state index is 14.1. The van der Waals surface area contributed by atoms with Crippen molar-refractivity contribution in [3.63, 3.8) is 0 Å². The Labute approximate surface area is 243 Å². The first-order chi connectivity index (χ1) is 19.4. The lowest BCUT2D eigenvalue weighted by Gasteiger charge is -2.34. The molecule has 0 saturated carbocycles. The standard InChI is InChI=1S/C31H39N3O6S/c1-7-28(30(36)32-31(2,3)4)33(21-23-16-18-25(39-5)19-17-23)29(35)22-34(24-12-11-13-26(20-24)40-6)41(37,38)27-14-9-8-10-15-27/h8-20,28H,7,21-22H2,1-6H3,(H,32,36). The van der Waals surface area contributed by atoms with E-state index in [0.29, 0.717) is 17.9 Å². The summed E-state index contributed by atoms with van der Waals surface area (Å²) in [6, 6.07) is 20.8. The molecule has 3 aromatic carbocycles. The molecular formula is C31H39N3O6S. The van der Waals surface area contributed by atoms with Gasteiger partial charge in [-0.3, -0.25) is 13.9 Å². The van der Waals surface area contributed by atoms with Crippen molar-refractivity contribution in [2.75, 3.05) is 25.1 Å². The van der Waals surface area contributed by atoms with E-state index in [0.717, 1.165) is 9.87 Å². The first kappa shape index (κ1) is 31.5. The van der Waals surface area contributed by atoms with E-state index in [9.17, 15) is 18.0 Å². The van der Waals surface area contributed by atoms with Crippen LogP contribution >= 0.6 is 0 Å². The Morgan fingerprint density at radius 2 is 1.51 bits per heavy atom. The molecule has 0 aliphatic rings. The van der Waals surface area contributed by atoms with Crippen LogP contribution in [0.3, 0.4) is 0 Å². The summed E-state index contributed by atoms with van der Waals surface area (Å²) in [4.78, 5) is 29.0. The van der Waals surface area contributed by atoms with E-state index in [-0.39, 0.29) is 23.0 Å². The number of carbonyl (C=O) groups is 2. The number of methoxy groups -OCH3 is 2. The smallest absolute Gasteiger partial charge is 0.264 e. The Morgan fingerprint density at radius 3 is 2.07 bits per heavy atom. The number of amides is 2. The normalized spacial score (nSPS) is 12.2. The minimum atomic E-state index is -4.16. The number of hydrogen-bond acceptors (Lipinski definition) is 6. The Hall–Kier alpha value is -4.05. The number of benzene rings is 3. The molecule has 0 aliphatic carbocycles. The molecule has 1 N–H and O–H groups in total. The van der Waals surface area contributed by atoms with E-state index < -0.39 is 34.1 Å². The van der Waals surface area contributed by atoms with Crippen LogP contribution in [0, 0.1) is 0 Å². The van der Waals surface area contributed by atoms with Gasteiger partial charge in [0.05, 0.1) is 24.8 Å². The lowest BCUT2D eigenvalue weighted by Crippen LogP contribution is -2.55. The van der Waals surface area contributed by atoms with Gasteiger partial charge < -0.3 is 19.7 Å². The average molecular weight is 582 g/mol. The highest BCUT2D eigenvalue weighted by Gasteiger charge is 2.34. The second-order valence-electron chi connectivity index (χ2n) is 10.6. The van der Waals surface area contributed by atoms with Crippen molar-refractivity contribution < 1.29 is 27.5 Å². The lowest BCUT2D eigenvalue weighted by atomic mass is 10.1. The van der Waals surface area contributed by atoms with Gasteiger partial charge in [-0.15, -0.1) is 0 Å². The number of anilines is 1. The molecular weight excluding hydrogens is 542 g/mol. The third kappa shape index (κ3) is 8.23. The zero-order valence-electron chi connectivity index (χ0n) is 24.5. The molecule has 220 valence electrons. The highest BCUT2D eigenvalue weighted by Crippen LogP contribution is 2.28. The van der Waals surface area contributed by atoms with Gasteiger partial charge in [0.2, 0.25) is 11.8 Å². The van der Waals surface area contributed by atoms with Crippen molar-refractivity contribution in [1.29, 1.82) is 0 Å². The number of ether oxygens (including phenoxy) is 2. The van der Waals surface area contributed by atoms with Crippen molar-refractivity contribution in [1.82, 2.24) is 10.2 Å². The van der Waals surface area contributed by atoms with Gasteiger partial charge in [-0.2, -0.15) is 0 Å². The van der Waals surface area contributed by atoms with E-state index in [4.69, 9.17) is 9.47 Å². The fourth-order valence-electron chi connectivity index (χ4n) is 4.31. The minimum Gasteiger partial charge on any atom is -0.497 e. The maximum Gasteiger partial charge on any atom is 0.264 e. The van der Waals surface area contributed by atoms with Gasteiger partial charge >= 0.3 is 0 Å².